The minimum Gasteiger partial charge on any atom is -0.329 e. The maximum absolute atomic E-state index is 5.67. The molecule has 0 fully saturated rings. The van der Waals surface area contributed by atoms with Crippen molar-refractivity contribution in [3.05, 3.63) is 29.8 Å². The molecule has 0 saturated carbocycles. The molecule has 0 bridgehead atoms. The van der Waals surface area contributed by atoms with E-state index in [0.29, 0.717) is 6.54 Å². The fraction of sp³-hybridized carbons (Fsp3) is 0.571. The molecule has 17 heavy (non-hydrogen) atoms. The number of hydrogen-bond donors (Lipinski definition) is 2. The van der Waals surface area contributed by atoms with Gasteiger partial charge in [-0.25, -0.2) is 0 Å². The third-order valence-electron chi connectivity index (χ3n) is 2.76. The summed E-state index contributed by atoms with van der Waals surface area (Å²) in [7, 11) is 0. The molecule has 3 heteroatoms. The van der Waals surface area contributed by atoms with Crippen molar-refractivity contribution < 1.29 is 0 Å². The Hall–Kier alpha value is -0.510. The van der Waals surface area contributed by atoms with Crippen LogP contribution < -0.4 is 11.1 Å². The number of nitrogens with two attached hydrogens (primary N) is 1. The van der Waals surface area contributed by atoms with Crippen LogP contribution in [0.1, 0.15) is 26.3 Å². The SMILES string of the molecule is CCSc1ccc(CCNC(C)(C)CN)cc1. The van der Waals surface area contributed by atoms with Crippen molar-refractivity contribution in [3.63, 3.8) is 0 Å². The lowest BCUT2D eigenvalue weighted by atomic mass is 10.1. The Morgan fingerprint density at radius 2 is 1.88 bits per heavy atom. The smallest absolute Gasteiger partial charge is 0.0247 e. The highest BCUT2D eigenvalue weighted by Gasteiger charge is 2.13. The predicted molar refractivity (Wildman–Crippen MR) is 77.7 cm³/mol. The van der Waals surface area contributed by atoms with Gasteiger partial charge in [0.1, 0.15) is 0 Å². The zero-order valence-corrected chi connectivity index (χ0v) is 11.9. The normalized spacial score (nSPS) is 11.8. The van der Waals surface area contributed by atoms with E-state index in [9.17, 15) is 0 Å². The first-order valence-electron chi connectivity index (χ1n) is 6.24. The van der Waals surface area contributed by atoms with E-state index in [1.54, 1.807) is 0 Å². The van der Waals surface area contributed by atoms with Crippen molar-refractivity contribution >= 4 is 11.8 Å². The summed E-state index contributed by atoms with van der Waals surface area (Å²) in [5.74, 6) is 1.13. The summed E-state index contributed by atoms with van der Waals surface area (Å²) < 4.78 is 0. The van der Waals surface area contributed by atoms with Crippen LogP contribution in [0.15, 0.2) is 29.2 Å². The molecule has 0 aliphatic heterocycles. The zero-order valence-electron chi connectivity index (χ0n) is 11.1. The first-order valence-corrected chi connectivity index (χ1v) is 7.23. The quantitative estimate of drug-likeness (QED) is 0.733. The Morgan fingerprint density at radius 1 is 1.24 bits per heavy atom. The molecule has 0 heterocycles. The fourth-order valence-corrected chi connectivity index (χ4v) is 2.20. The largest absolute Gasteiger partial charge is 0.329 e. The monoisotopic (exact) mass is 252 g/mol. The van der Waals surface area contributed by atoms with Gasteiger partial charge in [-0.3, -0.25) is 0 Å². The molecule has 1 aromatic rings. The second kappa shape index (κ2) is 7.04. The van der Waals surface area contributed by atoms with E-state index in [0.717, 1.165) is 18.7 Å². The summed E-state index contributed by atoms with van der Waals surface area (Å²) >= 11 is 1.88. The summed E-state index contributed by atoms with van der Waals surface area (Å²) in [5, 5.41) is 3.47. The van der Waals surface area contributed by atoms with Crippen LogP contribution >= 0.6 is 11.8 Å². The number of benzene rings is 1. The molecule has 2 nitrogen and oxygen atoms in total. The van der Waals surface area contributed by atoms with Gasteiger partial charge in [0.05, 0.1) is 0 Å². The van der Waals surface area contributed by atoms with Gasteiger partial charge in [-0.2, -0.15) is 0 Å². The van der Waals surface area contributed by atoms with E-state index in [4.69, 9.17) is 5.73 Å². The van der Waals surface area contributed by atoms with E-state index < -0.39 is 0 Å². The Labute approximate surface area is 109 Å². The van der Waals surface area contributed by atoms with Crippen LogP contribution in [0.3, 0.4) is 0 Å². The molecule has 0 atom stereocenters. The maximum atomic E-state index is 5.67. The first-order chi connectivity index (χ1) is 8.07. The van der Waals surface area contributed by atoms with Gasteiger partial charge in [0.25, 0.3) is 0 Å². The summed E-state index contributed by atoms with van der Waals surface area (Å²) in [6, 6.07) is 8.85. The number of nitrogens with one attached hydrogen (secondary N) is 1. The summed E-state index contributed by atoms with van der Waals surface area (Å²) in [6.45, 7) is 8.09. The molecule has 0 unspecified atom stereocenters. The molecule has 0 aromatic heterocycles. The van der Waals surface area contributed by atoms with Crippen LogP contribution in [-0.2, 0) is 6.42 Å². The van der Waals surface area contributed by atoms with Gasteiger partial charge in [-0.1, -0.05) is 19.1 Å². The van der Waals surface area contributed by atoms with Crippen LogP contribution in [0.25, 0.3) is 0 Å². The van der Waals surface area contributed by atoms with Crippen LogP contribution in [0.2, 0.25) is 0 Å². The van der Waals surface area contributed by atoms with Crippen LogP contribution in [0, 0.1) is 0 Å². The Morgan fingerprint density at radius 3 is 2.41 bits per heavy atom. The van der Waals surface area contributed by atoms with Crippen molar-refractivity contribution in [2.75, 3.05) is 18.8 Å². The number of rotatable bonds is 7. The summed E-state index contributed by atoms with van der Waals surface area (Å²) in [6.07, 6.45) is 1.06. The van der Waals surface area contributed by atoms with Crippen molar-refractivity contribution in [2.45, 2.75) is 37.6 Å². The molecular weight excluding hydrogens is 228 g/mol. The minimum atomic E-state index is 0.0397. The van der Waals surface area contributed by atoms with Crippen molar-refractivity contribution in [1.82, 2.24) is 5.32 Å². The van der Waals surface area contributed by atoms with Gasteiger partial charge in [0.2, 0.25) is 0 Å². The van der Waals surface area contributed by atoms with Gasteiger partial charge >= 0.3 is 0 Å². The van der Waals surface area contributed by atoms with Crippen molar-refractivity contribution in [1.29, 1.82) is 0 Å². The highest BCUT2D eigenvalue weighted by atomic mass is 32.2. The van der Waals surface area contributed by atoms with Gasteiger partial charge in [0, 0.05) is 17.0 Å². The van der Waals surface area contributed by atoms with Crippen LogP contribution in [0.5, 0.6) is 0 Å². The molecule has 1 aromatic carbocycles. The topological polar surface area (TPSA) is 38.0 Å². The van der Waals surface area contributed by atoms with Crippen molar-refractivity contribution in [2.24, 2.45) is 5.73 Å². The van der Waals surface area contributed by atoms with Crippen LogP contribution in [0.4, 0.5) is 0 Å². The Bertz CT molecular complexity index is 319. The lowest BCUT2D eigenvalue weighted by Gasteiger charge is -2.24. The second-order valence-electron chi connectivity index (χ2n) is 4.84. The summed E-state index contributed by atoms with van der Waals surface area (Å²) in [5.41, 5.74) is 7.09. The van der Waals surface area contributed by atoms with Gasteiger partial charge in [-0.05, 0) is 50.3 Å². The zero-order chi connectivity index (χ0) is 12.7. The highest BCUT2D eigenvalue weighted by molar-refractivity contribution is 7.99. The third-order valence-corrected chi connectivity index (χ3v) is 3.66. The van der Waals surface area contributed by atoms with E-state index in [1.807, 2.05) is 11.8 Å². The van der Waals surface area contributed by atoms with E-state index in [2.05, 4.69) is 50.4 Å². The van der Waals surface area contributed by atoms with Crippen LogP contribution in [-0.4, -0.2) is 24.4 Å². The van der Waals surface area contributed by atoms with Gasteiger partial charge in [-0.15, -0.1) is 11.8 Å². The molecule has 0 saturated heterocycles. The number of hydrogen-bond acceptors (Lipinski definition) is 3. The van der Waals surface area contributed by atoms with Crippen molar-refractivity contribution in [3.8, 4) is 0 Å². The predicted octanol–water partition coefficient (Wildman–Crippen LogP) is 2.67. The average molecular weight is 252 g/mol. The molecule has 3 N–H and O–H groups in total. The molecule has 0 radical (unpaired) electrons. The molecule has 1 rings (SSSR count). The Balaban J connectivity index is 2.37. The number of thioether (sulfide) groups is 1. The molecule has 96 valence electrons. The minimum absolute atomic E-state index is 0.0397. The van der Waals surface area contributed by atoms with E-state index in [1.165, 1.54) is 10.5 Å². The molecular formula is C14H24N2S. The molecule has 0 aliphatic carbocycles. The lowest BCUT2D eigenvalue weighted by molar-refractivity contribution is 0.402. The second-order valence-corrected chi connectivity index (χ2v) is 6.18. The lowest BCUT2D eigenvalue weighted by Crippen LogP contribution is -2.46. The van der Waals surface area contributed by atoms with E-state index in [-0.39, 0.29) is 5.54 Å². The summed E-state index contributed by atoms with van der Waals surface area (Å²) in [4.78, 5) is 1.35. The average Bonchev–Trinajstić information content (AvgIpc) is 2.32. The van der Waals surface area contributed by atoms with Gasteiger partial charge < -0.3 is 11.1 Å². The maximum Gasteiger partial charge on any atom is 0.0247 e. The molecule has 0 amide bonds. The Kier molecular flexibility index (Phi) is 6.03. The van der Waals surface area contributed by atoms with E-state index >= 15 is 0 Å². The van der Waals surface area contributed by atoms with Gasteiger partial charge in [0.15, 0.2) is 0 Å². The molecule has 0 aliphatic rings. The first kappa shape index (κ1) is 14.6. The fourth-order valence-electron chi connectivity index (χ4n) is 1.54. The molecule has 0 spiro atoms. The standard InChI is InChI=1S/C14H24N2S/c1-4-17-13-7-5-12(6-8-13)9-10-16-14(2,3)11-15/h5-8,16H,4,9-11,15H2,1-3H3. The highest BCUT2D eigenvalue weighted by Crippen LogP contribution is 2.17. The third kappa shape index (κ3) is 5.57.